The van der Waals surface area contributed by atoms with Crippen LogP contribution < -0.4 is 5.32 Å². The topological polar surface area (TPSA) is 29.9 Å². The second kappa shape index (κ2) is 6.04. The molecule has 0 aliphatic rings. The van der Waals surface area contributed by atoms with Crippen LogP contribution >= 0.6 is 0 Å². The molecule has 0 saturated heterocycles. The molecule has 0 aliphatic heterocycles. The molecule has 1 aromatic rings. The molecule has 1 N–H and O–H groups in total. The lowest BCUT2D eigenvalue weighted by Gasteiger charge is -2.20. The maximum absolute atomic E-state index is 4.42. The Morgan fingerprint density at radius 2 is 2.12 bits per heavy atom. The molecule has 0 spiro atoms. The summed E-state index contributed by atoms with van der Waals surface area (Å²) in [7, 11) is 2.03. The van der Waals surface area contributed by atoms with E-state index >= 15 is 0 Å². The zero-order valence-corrected chi connectivity index (χ0v) is 11.2. The van der Waals surface area contributed by atoms with Gasteiger partial charge in [-0.25, -0.2) is 0 Å². The maximum Gasteiger partial charge on any atom is 0.0597 e. The van der Waals surface area contributed by atoms with E-state index in [4.69, 9.17) is 0 Å². The quantitative estimate of drug-likeness (QED) is 0.803. The molecular formula is C13H25N3. The number of nitrogens with one attached hydrogen (secondary N) is 1. The third kappa shape index (κ3) is 3.63. The number of hydrogen-bond acceptors (Lipinski definition) is 2. The van der Waals surface area contributed by atoms with Gasteiger partial charge in [0, 0.05) is 13.1 Å². The summed E-state index contributed by atoms with van der Waals surface area (Å²) in [6.07, 6.45) is 2.34. The molecule has 0 aromatic carbocycles. The largest absolute Gasteiger partial charge is 0.309 e. The van der Waals surface area contributed by atoms with E-state index in [-0.39, 0.29) is 0 Å². The van der Waals surface area contributed by atoms with Crippen molar-refractivity contribution in [1.82, 2.24) is 15.1 Å². The highest BCUT2D eigenvalue weighted by atomic mass is 15.3. The van der Waals surface area contributed by atoms with Crippen LogP contribution in [0.1, 0.15) is 51.0 Å². The SMILES string of the molecule is CCCNC(CC(C)C)c1cc(C)nn1C. The Balaban J connectivity index is 2.78. The molecule has 1 unspecified atom stereocenters. The zero-order valence-electron chi connectivity index (χ0n) is 11.2. The second-order valence-corrected chi connectivity index (χ2v) is 4.97. The summed E-state index contributed by atoms with van der Waals surface area (Å²) in [5, 5.41) is 8.03. The van der Waals surface area contributed by atoms with E-state index in [1.54, 1.807) is 0 Å². The molecule has 92 valence electrons. The molecule has 1 atom stereocenters. The molecule has 0 saturated carbocycles. The van der Waals surface area contributed by atoms with Crippen LogP contribution in [0.4, 0.5) is 0 Å². The van der Waals surface area contributed by atoms with Gasteiger partial charge in [0.15, 0.2) is 0 Å². The summed E-state index contributed by atoms with van der Waals surface area (Å²) < 4.78 is 2.00. The Hall–Kier alpha value is -0.830. The van der Waals surface area contributed by atoms with Gasteiger partial charge in [-0.3, -0.25) is 4.68 Å². The third-order valence-corrected chi connectivity index (χ3v) is 2.74. The van der Waals surface area contributed by atoms with E-state index in [1.165, 1.54) is 18.5 Å². The molecule has 0 bridgehead atoms. The van der Waals surface area contributed by atoms with Gasteiger partial charge in [0.2, 0.25) is 0 Å². The molecule has 3 heteroatoms. The number of aryl methyl sites for hydroxylation is 2. The molecule has 0 amide bonds. The van der Waals surface area contributed by atoms with Crippen LogP contribution in [-0.2, 0) is 7.05 Å². The van der Waals surface area contributed by atoms with Gasteiger partial charge in [0.1, 0.15) is 0 Å². The second-order valence-electron chi connectivity index (χ2n) is 4.97. The van der Waals surface area contributed by atoms with Gasteiger partial charge in [-0.2, -0.15) is 5.10 Å². The molecule has 16 heavy (non-hydrogen) atoms. The Kier molecular flexibility index (Phi) is 5.00. The average Bonchev–Trinajstić information content (AvgIpc) is 2.52. The van der Waals surface area contributed by atoms with Crippen molar-refractivity contribution in [3.8, 4) is 0 Å². The molecule has 1 rings (SSSR count). The average molecular weight is 223 g/mol. The van der Waals surface area contributed by atoms with E-state index in [9.17, 15) is 0 Å². The van der Waals surface area contributed by atoms with Crippen molar-refractivity contribution in [2.24, 2.45) is 13.0 Å². The molecule has 0 radical (unpaired) electrons. The van der Waals surface area contributed by atoms with Gasteiger partial charge >= 0.3 is 0 Å². The first-order chi connectivity index (χ1) is 7.54. The Morgan fingerprint density at radius 1 is 1.44 bits per heavy atom. The number of aromatic nitrogens is 2. The van der Waals surface area contributed by atoms with E-state index in [2.05, 4.69) is 44.2 Å². The predicted octanol–water partition coefficient (Wildman–Crippen LogP) is 2.82. The summed E-state index contributed by atoms with van der Waals surface area (Å²) in [5.41, 5.74) is 2.41. The Bertz CT molecular complexity index is 315. The summed E-state index contributed by atoms with van der Waals surface area (Å²) in [5.74, 6) is 0.699. The minimum Gasteiger partial charge on any atom is -0.309 e. The highest BCUT2D eigenvalue weighted by Gasteiger charge is 2.16. The molecule has 1 aromatic heterocycles. The van der Waals surface area contributed by atoms with Crippen molar-refractivity contribution < 1.29 is 0 Å². The lowest BCUT2D eigenvalue weighted by Crippen LogP contribution is -2.25. The zero-order chi connectivity index (χ0) is 12.1. The van der Waals surface area contributed by atoms with Gasteiger partial charge in [-0.15, -0.1) is 0 Å². The highest BCUT2D eigenvalue weighted by Crippen LogP contribution is 2.21. The molecule has 1 heterocycles. The fourth-order valence-electron chi connectivity index (χ4n) is 2.06. The first kappa shape index (κ1) is 13.2. The summed E-state index contributed by atoms with van der Waals surface area (Å²) in [4.78, 5) is 0. The third-order valence-electron chi connectivity index (χ3n) is 2.74. The fraction of sp³-hybridized carbons (Fsp3) is 0.769. The number of hydrogen-bond donors (Lipinski definition) is 1. The van der Waals surface area contributed by atoms with Gasteiger partial charge in [-0.1, -0.05) is 20.8 Å². The molecule has 0 fully saturated rings. The van der Waals surface area contributed by atoms with Gasteiger partial charge in [-0.05, 0) is 38.3 Å². The van der Waals surface area contributed by atoms with Crippen LogP contribution in [0.25, 0.3) is 0 Å². The Labute approximate surface area is 99.2 Å². The predicted molar refractivity (Wildman–Crippen MR) is 68.4 cm³/mol. The number of nitrogens with zero attached hydrogens (tertiary/aromatic N) is 2. The van der Waals surface area contributed by atoms with E-state index in [0.29, 0.717) is 12.0 Å². The van der Waals surface area contributed by atoms with Gasteiger partial charge in [0.05, 0.1) is 11.4 Å². The first-order valence-electron chi connectivity index (χ1n) is 6.28. The van der Waals surface area contributed by atoms with Crippen molar-refractivity contribution in [2.45, 2.75) is 46.6 Å². The van der Waals surface area contributed by atoms with E-state index in [1.807, 2.05) is 11.7 Å². The highest BCUT2D eigenvalue weighted by molar-refractivity contribution is 5.13. The van der Waals surface area contributed by atoms with E-state index in [0.717, 1.165) is 12.2 Å². The van der Waals surface area contributed by atoms with Crippen molar-refractivity contribution in [2.75, 3.05) is 6.54 Å². The summed E-state index contributed by atoms with van der Waals surface area (Å²) >= 11 is 0. The summed E-state index contributed by atoms with van der Waals surface area (Å²) in [6, 6.07) is 2.63. The van der Waals surface area contributed by atoms with Crippen LogP contribution in [0.2, 0.25) is 0 Å². The van der Waals surface area contributed by atoms with E-state index < -0.39 is 0 Å². The van der Waals surface area contributed by atoms with Crippen molar-refractivity contribution >= 4 is 0 Å². The smallest absolute Gasteiger partial charge is 0.0597 e. The molecule has 3 nitrogen and oxygen atoms in total. The number of rotatable bonds is 6. The Morgan fingerprint density at radius 3 is 2.56 bits per heavy atom. The monoisotopic (exact) mass is 223 g/mol. The van der Waals surface area contributed by atoms with Crippen molar-refractivity contribution in [3.05, 3.63) is 17.5 Å². The summed E-state index contributed by atoms with van der Waals surface area (Å²) in [6.45, 7) is 9.86. The van der Waals surface area contributed by atoms with Gasteiger partial charge in [0.25, 0.3) is 0 Å². The van der Waals surface area contributed by atoms with Crippen LogP contribution in [0.3, 0.4) is 0 Å². The van der Waals surface area contributed by atoms with Crippen LogP contribution in [-0.4, -0.2) is 16.3 Å². The first-order valence-corrected chi connectivity index (χ1v) is 6.28. The van der Waals surface area contributed by atoms with Gasteiger partial charge < -0.3 is 5.32 Å². The van der Waals surface area contributed by atoms with Crippen LogP contribution in [0, 0.1) is 12.8 Å². The van der Waals surface area contributed by atoms with Crippen molar-refractivity contribution in [1.29, 1.82) is 0 Å². The minimum absolute atomic E-state index is 0.436. The maximum atomic E-state index is 4.42. The lowest BCUT2D eigenvalue weighted by atomic mass is 10.0. The molecule has 0 aliphatic carbocycles. The van der Waals surface area contributed by atoms with Crippen LogP contribution in [0.15, 0.2) is 6.07 Å². The van der Waals surface area contributed by atoms with Crippen molar-refractivity contribution in [3.63, 3.8) is 0 Å². The normalized spacial score (nSPS) is 13.4. The lowest BCUT2D eigenvalue weighted by molar-refractivity contribution is 0.410. The minimum atomic E-state index is 0.436. The standard InChI is InChI=1S/C13H25N3/c1-6-7-14-12(8-10(2)3)13-9-11(4)15-16(13)5/h9-10,12,14H,6-8H2,1-5H3. The van der Waals surface area contributed by atoms with Crippen LogP contribution in [0.5, 0.6) is 0 Å². The molecular weight excluding hydrogens is 198 g/mol. The fourth-order valence-corrected chi connectivity index (χ4v) is 2.06.